The number of hydrogen-bond acceptors (Lipinski definition) is 1. The Labute approximate surface area is 101 Å². The van der Waals surface area contributed by atoms with Crippen LogP contribution in [0.15, 0.2) is 0 Å². The maximum atomic E-state index is 12.3. The Morgan fingerprint density at radius 1 is 1.27 bits per heavy atom. The molecule has 2 nitrogen and oxygen atoms in total. The van der Waals surface area contributed by atoms with Gasteiger partial charge in [-0.15, -0.1) is 0 Å². The molecule has 1 amide bonds. The summed E-state index contributed by atoms with van der Waals surface area (Å²) in [6.07, 6.45) is 5.96. The minimum absolute atomic E-state index is 0.322. The van der Waals surface area contributed by atoms with Crippen molar-refractivity contribution in [1.82, 2.24) is 4.90 Å². The first kappa shape index (κ1) is 11.4. The lowest BCUT2D eigenvalue weighted by atomic mass is 9.95. The molecule has 0 N–H and O–H groups in total. The smallest absolute Gasteiger partial charge is 0.225 e. The normalized spacial score (nSPS) is 36.9. The van der Waals surface area contributed by atoms with Crippen molar-refractivity contribution >= 4 is 21.8 Å². The molecule has 0 aromatic rings. The summed E-state index contributed by atoms with van der Waals surface area (Å²) in [5, 5.41) is 0. The molecule has 0 radical (unpaired) electrons. The van der Waals surface area contributed by atoms with Crippen LogP contribution in [0.3, 0.4) is 0 Å². The van der Waals surface area contributed by atoms with Crippen LogP contribution in [-0.2, 0) is 4.79 Å². The predicted octanol–water partition coefficient (Wildman–Crippen LogP) is 2.81. The zero-order valence-electron chi connectivity index (χ0n) is 9.42. The van der Waals surface area contributed by atoms with Crippen LogP contribution in [0.1, 0.15) is 39.0 Å². The monoisotopic (exact) mass is 273 g/mol. The van der Waals surface area contributed by atoms with Crippen molar-refractivity contribution in [3.05, 3.63) is 0 Å². The number of amides is 1. The molecule has 0 aromatic carbocycles. The first-order chi connectivity index (χ1) is 7.18. The number of carbonyl (C=O) groups excluding carboxylic acids is 1. The molecule has 3 unspecified atom stereocenters. The van der Waals surface area contributed by atoms with Crippen molar-refractivity contribution in [2.24, 2.45) is 11.8 Å². The minimum atomic E-state index is 0.322. The number of piperidine rings is 1. The number of alkyl halides is 1. The zero-order chi connectivity index (χ0) is 10.8. The van der Waals surface area contributed by atoms with Crippen LogP contribution in [0.25, 0.3) is 0 Å². The average molecular weight is 274 g/mol. The molecule has 1 aliphatic carbocycles. The Morgan fingerprint density at radius 3 is 2.67 bits per heavy atom. The topological polar surface area (TPSA) is 20.3 Å². The molecule has 0 bridgehead atoms. The molecule has 1 heterocycles. The van der Waals surface area contributed by atoms with Crippen molar-refractivity contribution in [2.75, 3.05) is 13.1 Å². The molecular formula is C12H20BrNO. The second kappa shape index (κ2) is 4.86. The summed E-state index contributed by atoms with van der Waals surface area (Å²) in [4.78, 5) is 14.9. The Balaban J connectivity index is 1.94. The van der Waals surface area contributed by atoms with E-state index in [0.717, 1.165) is 25.9 Å². The van der Waals surface area contributed by atoms with E-state index in [9.17, 15) is 4.79 Å². The molecular weight excluding hydrogens is 254 g/mol. The van der Waals surface area contributed by atoms with E-state index in [-0.39, 0.29) is 0 Å². The summed E-state index contributed by atoms with van der Waals surface area (Å²) in [7, 11) is 0. The van der Waals surface area contributed by atoms with Crippen LogP contribution in [0.4, 0.5) is 0 Å². The van der Waals surface area contributed by atoms with Crippen molar-refractivity contribution in [1.29, 1.82) is 0 Å². The first-order valence-electron chi connectivity index (χ1n) is 6.11. The van der Waals surface area contributed by atoms with E-state index in [1.165, 1.54) is 19.3 Å². The number of rotatable bonds is 1. The third-order valence-corrected chi connectivity index (χ3v) is 4.60. The van der Waals surface area contributed by atoms with Gasteiger partial charge in [0, 0.05) is 23.8 Å². The molecule has 1 saturated carbocycles. The highest BCUT2D eigenvalue weighted by molar-refractivity contribution is 9.09. The highest BCUT2D eigenvalue weighted by Gasteiger charge is 2.34. The lowest BCUT2D eigenvalue weighted by Crippen LogP contribution is -2.43. The molecule has 3 atom stereocenters. The van der Waals surface area contributed by atoms with Crippen molar-refractivity contribution in [3.63, 3.8) is 0 Å². The molecule has 0 spiro atoms. The molecule has 2 fully saturated rings. The van der Waals surface area contributed by atoms with Crippen LogP contribution < -0.4 is 0 Å². The summed E-state index contributed by atoms with van der Waals surface area (Å²) in [5.41, 5.74) is 0. The summed E-state index contributed by atoms with van der Waals surface area (Å²) >= 11 is 3.63. The van der Waals surface area contributed by atoms with Crippen molar-refractivity contribution in [3.8, 4) is 0 Å². The van der Waals surface area contributed by atoms with E-state index in [2.05, 4.69) is 27.8 Å². The SMILES string of the molecule is CC1CCCC1C(=O)N1CCCC(Br)C1. The highest BCUT2D eigenvalue weighted by Crippen LogP contribution is 2.33. The number of carbonyl (C=O) groups is 1. The van der Waals surface area contributed by atoms with Gasteiger partial charge in [0.1, 0.15) is 0 Å². The fourth-order valence-corrected chi connectivity index (χ4v) is 3.55. The Hall–Kier alpha value is -0.0500. The number of likely N-dealkylation sites (tertiary alicyclic amines) is 1. The molecule has 1 saturated heterocycles. The first-order valence-corrected chi connectivity index (χ1v) is 7.03. The van der Waals surface area contributed by atoms with E-state index >= 15 is 0 Å². The summed E-state index contributed by atoms with van der Waals surface area (Å²) in [5.74, 6) is 1.35. The second-order valence-electron chi connectivity index (χ2n) is 5.04. The largest absolute Gasteiger partial charge is 0.341 e. The molecule has 3 heteroatoms. The third-order valence-electron chi connectivity index (χ3n) is 3.85. The highest BCUT2D eigenvalue weighted by atomic mass is 79.9. The Bertz CT molecular complexity index is 244. The van der Waals surface area contributed by atoms with E-state index < -0.39 is 0 Å². The quantitative estimate of drug-likeness (QED) is 0.673. The number of halogens is 1. The van der Waals surface area contributed by atoms with E-state index in [1.54, 1.807) is 0 Å². The molecule has 1 aliphatic heterocycles. The molecule has 2 rings (SSSR count). The van der Waals surface area contributed by atoms with Gasteiger partial charge in [-0.3, -0.25) is 4.79 Å². The number of hydrogen-bond donors (Lipinski definition) is 0. The second-order valence-corrected chi connectivity index (χ2v) is 6.33. The van der Waals surface area contributed by atoms with Gasteiger partial charge in [0.15, 0.2) is 0 Å². The Kier molecular flexibility index (Phi) is 3.70. The lowest BCUT2D eigenvalue weighted by Gasteiger charge is -2.33. The molecule has 2 aliphatic rings. The van der Waals surface area contributed by atoms with Crippen molar-refractivity contribution in [2.45, 2.75) is 43.9 Å². The average Bonchev–Trinajstić information content (AvgIpc) is 2.63. The van der Waals surface area contributed by atoms with Gasteiger partial charge in [-0.2, -0.15) is 0 Å². The fourth-order valence-electron chi connectivity index (χ4n) is 2.87. The maximum Gasteiger partial charge on any atom is 0.225 e. The van der Waals surface area contributed by atoms with Crippen LogP contribution in [0.5, 0.6) is 0 Å². The lowest BCUT2D eigenvalue weighted by molar-refractivity contribution is -0.137. The van der Waals surface area contributed by atoms with Gasteiger partial charge in [-0.1, -0.05) is 29.3 Å². The van der Waals surface area contributed by atoms with Gasteiger partial charge in [0.25, 0.3) is 0 Å². The summed E-state index contributed by atoms with van der Waals surface area (Å²) < 4.78 is 0. The van der Waals surface area contributed by atoms with Gasteiger partial charge >= 0.3 is 0 Å². The third kappa shape index (κ3) is 2.55. The van der Waals surface area contributed by atoms with Gasteiger partial charge in [-0.25, -0.2) is 0 Å². The molecule has 15 heavy (non-hydrogen) atoms. The maximum absolute atomic E-state index is 12.3. The van der Waals surface area contributed by atoms with Gasteiger partial charge < -0.3 is 4.90 Å². The van der Waals surface area contributed by atoms with Gasteiger partial charge in [0.05, 0.1) is 0 Å². The molecule has 86 valence electrons. The number of nitrogens with zero attached hydrogens (tertiary/aromatic N) is 1. The van der Waals surface area contributed by atoms with Crippen LogP contribution in [0, 0.1) is 11.8 Å². The zero-order valence-corrected chi connectivity index (χ0v) is 11.0. The fraction of sp³-hybridized carbons (Fsp3) is 0.917. The summed E-state index contributed by atoms with van der Waals surface area (Å²) in [6, 6.07) is 0. The van der Waals surface area contributed by atoms with Gasteiger partial charge in [0.2, 0.25) is 5.91 Å². The van der Waals surface area contributed by atoms with Crippen LogP contribution in [-0.4, -0.2) is 28.7 Å². The standard InChI is InChI=1S/C12H20BrNO/c1-9-4-2-6-11(9)12(15)14-7-3-5-10(13)8-14/h9-11H,2-8H2,1H3. The predicted molar refractivity (Wildman–Crippen MR) is 65.0 cm³/mol. The summed E-state index contributed by atoms with van der Waals surface area (Å²) in [6.45, 7) is 4.12. The van der Waals surface area contributed by atoms with Gasteiger partial charge in [-0.05, 0) is 31.6 Å². The van der Waals surface area contributed by atoms with Crippen LogP contribution >= 0.6 is 15.9 Å². The Morgan fingerprint density at radius 2 is 2.07 bits per heavy atom. The van der Waals surface area contributed by atoms with Crippen LogP contribution in [0.2, 0.25) is 0 Å². The van der Waals surface area contributed by atoms with E-state index in [1.807, 2.05) is 0 Å². The van der Waals surface area contributed by atoms with E-state index in [4.69, 9.17) is 0 Å². The molecule has 0 aromatic heterocycles. The van der Waals surface area contributed by atoms with E-state index in [0.29, 0.717) is 22.6 Å². The minimum Gasteiger partial charge on any atom is -0.341 e. The van der Waals surface area contributed by atoms with Crippen molar-refractivity contribution < 1.29 is 4.79 Å².